The molecule has 9 aromatic carbocycles. The molecule has 266 valence electrons. The highest BCUT2D eigenvalue weighted by atomic mass is 32.3. The number of rotatable bonds is 6. The first-order chi connectivity index (χ1) is 27.8. The van der Waals surface area contributed by atoms with Crippen molar-refractivity contribution in [2.75, 3.05) is 0 Å². The highest BCUT2D eigenvalue weighted by Gasteiger charge is 2.43. The van der Waals surface area contributed by atoms with E-state index in [9.17, 15) is 0 Å². The first kappa shape index (κ1) is 33.1. The molecule has 0 bridgehead atoms. The van der Waals surface area contributed by atoms with E-state index in [1.165, 1.54) is 83.7 Å². The Morgan fingerprint density at radius 1 is 0.196 bits per heavy atom. The third-order valence-electron chi connectivity index (χ3n) is 11.5. The predicted octanol–water partition coefficient (Wildman–Crippen LogP) is 15.7. The van der Waals surface area contributed by atoms with Crippen molar-refractivity contribution < 1.29 is 0 Å². The Kier molecular flexibility index (Phi) is 7.77. The van der Waals surface area contributed by atoms with Gasteiger partial charge in [-0.3, -0.25) is 0 Å². The fourth-order valence-electron chi connectivity index (χ4n) is 9.19. The summed E-state index contributed by atoms with van der Waals surface area (Å²) in [6.07, 6.45) is 0. The SMILES string of the molecule is c1ccc(S2(c3ccccc3)c3ccccc3-c3cc(-c4cccc(-c5ccc6c(c5)-c5ccccc5S6(c5ccccc5)c5ccccc5)c4)ccc32)cc1. The lowest BCUT2D eigenvalue weighted by atomic mass is 9.95. The van der Waals surface area contributed by atoms with Crippen LogP contribution in [0.4, 0.5) is 0 Å². The van der Waals surface area contributed by atoms with Gasteiger partial charge in [0.05, 0.1) is 0 Å². The van der Waals surface area contributed by atoms with Crippen molar-refractivity contribution in [2.45, 2.75) is 39.2 Å². The van der Waals surface area contributed by atoms with Crippen molar-refractivity contribution in [1.82, 2.24) is 0 Å². The Morgan fingerprint density at radius 3 is 0.875 bits per heavy atom. The highest BCUT2D eigenvalue weighted by molar-refractivity contribution is 8.34. The van der Waals surface area contributed by atoms with Crippen molar-refractivity contribution in [3.63, 3.8) is 0 Å². The van der Waals surface area contributed by atoms with E-state index in [1.807, 2.05) is 0 Å². The van der Waals surface area contributed by atoms with Gasteiger partial charge in [-0.25, -0.2) is 0 Å². The fourth-order valence-corrected chi connectivity index (χ4v) is 17.6. The molecule has 2 heterocycles. The van der Waals surface area contributed by atoms with Crippen LogP contribution in [-0.4, -0.2) is 0 Å². The Balaban J connectivity index is 1.05. The topological polar surface area (TPSA) is 0 Å². The van der Waals surface area contributed by atoms with Crippen LogP contribution in [0.2, 0.25) is 0 Å². The second-order valence-electron chi connectivity index (χ2n) is 14.5. The summed E-state index contributed by atoms with van der Waals surface area (Å²) < 4.78 is 0. The molecule has 0 amide bonds. The van der Waals surface area contributed by atoms with E-state index in [-0.39, 0.29) is 0 Å². The van der Waals surface area contributed by atoms with Gasteiger partial charge in [-0.2, -0.15) is 0 Å². The molecular formula is C54H38S2. The smallest absolute Gasteiger partial charge is 0.0102 e. The molecule has 0 aromatic heterocycles. The molecule has 2 aliphatic rings. The molecule has 0 N–H and O–H groups in total. The summed E-state index contributed by atoms with van der Waals surface area (Å²) >= 11 is 0. The number of benzene rings is 9. The molecule has 11 rings (SSSR count). The number of fused-ring (bicyclic) bond motifs is 6. The minimum absolute atomic E-state index is 1.23. The second kappa shape index (κ2) is 13.2. The average molecular weight is 751 g/mol. The summed E-state index contributed by atoms with van der Waals surface area (Å²) in [7, 11) is -3.33. The Labute approximate surface area is 332 Å². The lowest BCUT2D eigenvalue weighted by Crippen LogP contribution is -2.01. The van der Waals surface area contributed by atoms with Gasteiger partial charge >= 0.3 is 0 Å². The van der Waals surface area contributed by atoms with E-state index in [1.54, 1.807) is 0 Å². The second-order valence-corrected chi connectivity index (χ2v) is 20.6. The summed E-state index contributed by atoms with van der Waals surface area (Å²) in [4.78, 5) is 11.1. The molecule has 0 radical (unpaired) electrons. The molecule has 9 aromatic rings. The van der Waals surface area contributed by atoms with Crippen LogP contribution in [0.5, 0.6) is 0 Å². The van der Waals surface area contributed by atoms with Crippen LogP contribution in [0.1, 0.15) is 0 Å². The van der Waals surface area contributed by atoms with Gasteiger partial charge in [-0.15, -0.1) is 20.1 Å². The standard InChI is InChI=1S/C54H38S2/c1-5-20-43(21-6-1)55(44-22-7-2-8-23-44)51-30-15-13-28-47(51)49-37-41(32-34-53(49)55)39-18-17-19-40(36-39)42-33-35-54-50(38-42)48-29-14-16-31-52(48)56(54,45-24-9-3-10-25-45)46-26-11-4-12-27-46/h1-38H. The zero-order valence-electron chi connectivity index (χ0n) is 30.8. The van der Waals surface area contributed by atoms with Crippen LogP contribution in [0.3, 0.4) is 0 Å². The van der Waals surface area contributed by atoms with E-state index in [0.717, 1.165) is 0 Å². The number of hydrogen-bond acceptors (Lipinski definition) is 0. The molecule has 2 heteroatoms. The quantitative estimate of drug-likeness (QED) is 0.159. The van der Waals surface area contributed by atoms with Crippen molar-refractivity contribution >= 4 is 20.1 Å². The zero-order chi connectivity index (χ0) is 37.1. The molecule has 56 heavy (non-hydrogen) atoms. The van der Waals surface area contributed by atoms with Crippen molar-refractivity contribution in [1.29, 1.82) is 0 Å². The summed E-state index contributed by atoms with van der Waals surface area (Å²) in [5.41, 5.74) is 10.3. The maximum Gasteiger partial charge on any atom is 0.0102 e. The van der Waals surface area contributed by atoms with Gasteiger partial charge in [0.1, 0.15) is 0 Å². The molecular weight excluding hydrogens is 713 g/mol. The van der Waals surface area contributed by atoms with Gasteiger partial charge in [-0.05, 0) is 136 Å². The van der Waals surface area contributed by atoms with Crippen molar-refractivity contribution in [3.05, 3.63) is 231 Å². The normalized spacial score (nSPS) is 15.1. The molecule has 0 unspecified atom stereocenters. The lowest BCUT2D eigenvalue weighted by Gasteiger charge is -2.39. The van der Waals surface area contributed by atoms with E-state index < -0.39 is 20.1 Å². The first-order valence-electron chi connectivity index (χ1n) is 19.2. The lowest BCUT2D eigenvalue weighted by molar-refractivity contribution is 1.29. The highest BCUT2D eigenvalue weighted by Crippen LogP contribution is 2.81. The van der Waals surface area contributed by atoms with E-state index in [2.05, 4.69) is 231 Å². The van der Waals surface area contributed by atoms with Crippen molar-refractivity contribution in [2.24, 2.45) is 0 Å². The molecule has 0 aliphatic carbocycles. The molecule has 0 spiro atoms. The van der Waals surface area contributed by atoms with Crippen LogP contribution in [0.15, 0.2) is 270 Å². The summed E-state index contributed by atoms with van der Waals surface area (Å²) in [5, 5.41) is 0. The Bertz CT molecular complexity index is 2620. The van der Waals surface area contributed by atoms with Crippen LogP contribution >= 0.6 is 20.1 Å². The third kappa shape index (κ3) is 4.76. The van der Waals surface area contributed by atoms with Gasteiger partial charge in [0.25, 0.3) is 0 Å². The first-order valence-corrected chi connectivity index (χ1v) is 22.5. The molecule has 0 nitrogen and oxygen atoms in total. The van der Waals surface area contributed by atoms with E-state index in [4.69, 9.17) is 0 Å². The Hall–Kier alpha value is -6.32. The van der Waals surface area contributed by atoms with Gasteiger partial charge in [-0.1, -0.05) is 140 Å². The minimum Gasteiger partial charge on any atom is -0.132 e. The monoisotopic (exact) mass is 750 g/mol. The maximum atomic E-state index is 2.45. The summed E-state index contributed by atoms with van der Waals surface area (Å²) in [6, 6.07) is 86.4. The van der Waals surface area contributed by atoms with Crippen molar-refractivity contribution in [3.8, 4) is 44.5 Å². The Morgan fingerprint density at radius 2 is 0.500 bits per heavy atom. The molecule has 0 saturated carbocycles. The summed E-state index contributed by atoms with van der Waals surface area (Å²) in [5.74, 6) is 0. The third-order valence-corrected chi connectivity index (χ3v) is 19.5. The average Bonchev–Trinajstić information content (AvgIpc) is 3.76. The zero-order valence-corrected chi connectivity index (χ0v) is 32.4. The van der Waals surface area contributed by atoms with E-state index >= 15 is 0 Å². The van der Waals surface area contributed by atoms with Crippen LogP contribution in [0, 0.1) is 0 Å². The van der Waals surface area contributed by atoms with Gasteiger partial charge in [0, 0.05) is 39.2 Å². The fraction of sp³-hybridized carbons (Fsp3) is 0. The van der Waals surface area contributed by atoms with E-state index in [0.29, 0.717) is 0 Å². The largest absolute Gasteiger partial charge is 0.132 e. The molecule has 0 saturated heterocycles. The van der Waals surface area contributed by atoms with Gasteiger partial charge in [0.2, 0.25) is 0 Å². The molecule has 0 atom stereocenters. The van der Waals surface area contributed by atoms with Crippen LogP contribution in [0.25, 0.3) is 44.5 Å². The molecule has 2 aliphatic heterocycles. The summed E-state index contributed by atoms with van der Waals surface area (Å²) in [6.45, 7) is 0. The van der Waals surface area contributed by atoms with Gasteiger partial charge in [0.15, 0.2) is 0 Å². The predicted molar refractivity (Wildman–Crippen MR) is 235 cm³/mol. The minimum atomic E-state index is -1.67. The van der Waals surface area contributed by atoms with Crippen LogP contribution < -0.4 is 0 Å². The number of hydrogen-bond donors (Lipinski definition) is 0. The van der Waals surface area contributed by atoms with Gasteiger partial charge < -0.3 is 0 Å². The molecule has 0 fully saturated rings. The maximum absolute atomic E-state index is 2.45. The van der Waals surface area contributed by atoms with Crippen LogP contribution in [-0.2, 0) is 0 Å².